The van der Waals surface area contributed by atoms with Crippen LogP contribution >= 0.6 is 0 Å². The maximum absolute atomic E-state index is 12.3. The number of ether oxygens (including phenoxy) is 1. The van der Waals surface area contributed by atoms with Crippen molar-refractivity contribution in [1.29, 1.82) is 0 Å². The summed E-state index contributed by atoms with van der Waals surface area (Å²) in [4.78, 5) is 34.9. The van der Waals surface area contributed by atoms with E-state index in [-0.39, 0.29) is 12.5 Å². The molecule has 0 unspecified atom stereocenters. The molecular formula is C23H28N2O6. The number of nitrogens with zero attached hydrogens (tertiary/aromatic N) is 2. The summed E-state index contributed by atoms with van der Waals surface area (Å²) in [5.41, 5.74) is 3.76. The summed E-state index contributed by atoms with van der Waals surface area (Å²) in [6.45, 7) is 8.54. The molecule has 0 aromatic heterocycles. The van der Waals surface area contributed by atoms with Gasteiger partial charge < -0.3 is 19.8 Å². The third-order valence-electron chi connectivity index (χ3n) is 4.75. The molecule has 2 aromatic rings. The molecule has 1 saturated heterocycles. The van der Waals surface area contributed by atoms with Crippen LogP contribution in [0.25, 0.3) is 0 Å². The molecule has 8 heteroatoms. The Morgan fingerprint density at radius 2 is 1.45 bits per heavy atom. The fourth-order valence-electron chi connectivity index (χ4n) is 3.17. The summed E-state index contributed by atoms with van der Waals surface area (Å²) in [5.74, 6) is -2.83. The Bertz CT molecular complexity index is 894. The van der Waals surface area contributed by atoms with Gasteiger partial charge in [-0.05, 0) is 37.1 Å². The van der Waals surface area contributed by atoms with Crippen LogP contribution in [0.5, 0.6) is 5.75 Å². The number of carbonyl (C=O) groups is 3. The molecule has 0 saturated carbocycles. The van der Waals surface area contributed by atoms with Crippen molar-refractivity contribution in [1.82, 2.24) is 9.80 Å². The fourth-order valence-corrected chi connectivity index (χ4v) is 3.17. The van der Waals surface area contributed by atoms with Crippen LogP contribution in [0.1, 0.15) is 16.7 Å². The van der Waals surface area contributed by atoms with Gasteiger partial charge in [-0.15, -0.1) is 0 Å². The maximum Gasteiger partial charge on any atom is 0.414 e. The van der Waals surface area contributed by atoms with Crippen molar-refractivity contribution < 1.29 is 29.3 Å². The number of aliphatic carboxylic acids is 2. The molecule has 1 aliphatic heterocycles. The molecule has 31 heavy (non-hydrogen) atoms. The summed E-state index contributed by atoms with van der Waals surface area (Å²) in [5, 5.41) is 14.8. The van der Waals surface area contributed by atoms with Crippen molar-refractivity contribution in [2.24, 2.45) is 0 Å². The Labute approximate surface area is 181 Å². The zero-order chi connectivity index (χ0) is 22.8. The van der Waals surface area contributed by atoms with Crippen molar-refractivity contribution in [2.75, 3.05) is 32.8 Å². The predicted octanol–water partition coefficient (Wildman–Crippen LogP) is 2.18. The molecule has 0 radical (unpaired) electrons. The van der Waals surface area contributed by atoms with Gasteiger partial charge >= 0.3 is 11.9 Å². The third kappa shape index (κ3) is 8.47. The van der Waals surface area contributed by atoms with E-state index in [1.165, 1.54) is 11.1 Å². The van der Waals surface area contributed by atoms with Gasteiger partial charge in [-0.25, -0.2) is 9.59 Å². The molecule has 1 aliphatic rings. The van der Waals surface area contributed by atoms with Crippen LogP contribution in [0.3, 0.4) is 0 Å². The van der Waals surface area contributed by atoms with Crippen molar-refractivity contribution in [3.05, 3.63) is 65.2 Å². The standard InChI is InChI=1S/C21H26N2O2.C2H2O4/c1-17-5-3-7-19(13-17)15-22-9-11-23(12-10-22)21(24)16-25-20-8-4-6-18(2)14-20;3-1(4)2(5)6/h3-8,13-14H,9-12,15-16H2,1-2H3;(H,3,4)(H,5,6). The zero-order valence-corrected chi connectivity index (χ0v) is 17.8. The van der Waals surface area contributed by atoms with Crippen molar-refractivity contribution in [3.63, 3.8) is 0 Å². The Morgan fingerprint density at radius 3 is 2.00 bits per heavy atom. The van der Waals surface area contributed by atoms with E-state index < -0.39 is 11.9 Å². The molecule has 1 amide bonds. The van der Waals surface area contributed by atoms with E-state index in [0.29, 0.717) is 0 Å². The molecule has 166 valence electrons. The largest absolute Gasteiger partial charge is 0.484 e. The highest BCUT2D eigenvalue weighted by atomic mass is 16.5. The molecule has 8 nitrogen and oxygen atoms in total. The van der Waals surface area contributed by atoms with E-state index in [0.717, 1.165) is 44.0 Å². The molecule has 0 spiro atoms. The van der Waals surface area contributed by atoms with E-state index in [1.807, 2.05) is 36.1 Å². The third-order valence-corrected chi connectivity index (χ3v) is 4.75. The van der Waals surface area contributed by atoms with Gasteiger partial charge in [0, 0.05) is 32.7 Å². The van der Waals surface area contributed by atoms with Gasteiger partial charge in [0.1, 0.15) is 5.75 Å². The highest BCUT2D eigenvalue weighted by molar-refractivity contribution is 6.27. The zero-order valence-electron chi connectivity index (χ0n) is 17.8. The molecule has 1 heterocycles. The molecule has 1 fully saturated rings. The van der Waals surface area contributed by atoms with Crippen LogP contribution in [-0.4, -0.2) is 70.6 Å². The van der Waals surface area contributed by atoms with Crippen molar-refractivity contribution in [2.45, 2.75) is 20.4 Å². The van der Waals surface area contributed by atoms with Crippen LogP contribution in [0.2, 0.25) is 0 Å². The minimum absolute atomic E-state index is 0.0664. The van der Waals surface area contributed by atoms with Crippen molar-refractivity contribution in [3.8, 4) is 5.75 Å². The number of hydrogen-bond acceptors (Lipinski definition) is 5. The topological polar surface area (TPSA) is 107 Å². The quantitative estimate of drug-likeness (QED) is 0.703. The van der Waals surface area contributed by atoms with E-state index in [2.05, 4.69) is 36.1 Å². The second-order valence-electron chi connectivity index (χ2n) is 7.36. The second kappa shape index (κ2) is 11.7. The summed E-state index contributed by atoms with van der Waals surface area (Å²) in [6.07, 6.45) is 0. The SMILES string of the molecule is Cc1cccc(CN2CCN(C(=O)COc3cccc(C)c3)CC2)c1.O=C(O)C(=O)O. The minimum Gasteiger partial charge on any atom is -0.484 e. The lowest BCUT2D eigenvalue weighted by Gasteiger charge is -2.34. The Hall–Kier alpha value is -3.39. The maximum atomic E-state index is 12.3. The first-order valence-corrected chi connectivity index (χ1v) is 9.96. The number of amides is 1. The monoisotopic (exact) mass is 428 g/mol. The van der Waals surface area contributed by atoms with E-state index >= 15 is 0 Å². The van der Waals surface area contributed by atoms with E-state index in [4.69, 9.17) is 24.5 Å². The normalized spacial score (nSPS) is 13.7. The minimum atomic E-state index is -1.82. The number of carboxylic acid groups (broad SMARTS) is 2. The molecule has 2 N–H and O–H groups in total. The summed E-state index contributed by atoms with van der Waals surface area (Å²) in [6, 6.07) is 16.4. The molecular weight excluding hydrogens is 400 g/mol. The first-order valence-electron chi connectivity index (χ1n) is 9.96. The van der Waals surface area contributed by atoms with E-state index in [9.17, 15) is 4.79 Å². The average Bonchev–Trinajstić information content (AvgIpc) is 2.73. The van der Waals surface area contributed by atoms with Crippen LogP contribution < -0.4 is 4.74 Å². The molecule has 0 aliphatic carbocycles. The fraction of sp³-hybridized carbons (Fsp3) is 0.348. The Kier molecular flexibility index (Phi) is 9.02. The number of carbonyl (C=O) groups excluding carboxylic acids is 1. The van der Waals surface area contributed by atoms with Crippen molar-refractivity contribution >= 4 is 17.8 Å². The second-order valence-corrected chi connectivity index (χ2v) is 7.36. The van der Waals surface area contributed by atoms with Gasteiger partial charge in [0.25, 0.3) is 5.91 Å². The Morgan fingerprint density at radius 1 is 0.871 bits per heavy atom. The van der Waals surface area contributed by atoms with Gasteiger partial charge in [-0.3, -0.25) is 9.69 Å². The number of benzene rings is 2. The molecule has 0 atom stereocenters. The summed E-state index contributed by atoms with van der Waals surface area (Å²) >= 11 is 0. The van der Waals surface area contributed by atoms with Crippen LogP contribution in [0, 0.1) is 13.8 Å². The average molecular weight is 428 g/mol. The number of rotatable bonds is 5. The van der Waals surface area contributed by atoms with Crippen LogP contribution in [0.4, 0.5) is 0 Å². The highest BCUT2D eigenvalue weighted by Crippen LogP contribution is 2.13. The number of piperazine rings is 1. The van der Waals surface area contributed by atoms with Crippen LogP contribution in [0.15, 0.2) is 48.5 Å². The van der Waals surface area contributed by atoms with Gasteiger partial charge in [0.15, 0.2) is 6.61 Å². The summed E-state index contributed by atoms with van der Waals surface area (Å²) < 4.78 is 5.63. The number of aryl methyl sites for hydroxylation is 2. The number of carboxylic acids is 2. The lowest BCUT2D eigenvalue weighted by atomic mass is 10.1. The predicted molar refractivity (Wildman–Crippen MR) is 115 cm³/mol. The lowest BCUT2D eigenvalue weighted by Crippen LogP contribution is -2.49. The van der Waals surface area contributed by atoms with Crippen LogP contribution in [-0.2, 0) is 20.9 Å². The van der Waals surface area contributed by atoms with E-state index in [1.54, 1.807) is 0 Å². The lowest BCUT2D eigenvalue weighted by molar-refractivity contribution is -0.159. The van der Waals surface area contributed by atoms with Gasteiger partial charge in [0.05, 0.1) is 0 Å². The molecule has 3 rings (SSSR count). The Balaban J connectivity index is 0.000000501. The highest BCUT2D eigenvalue weighted by Gasteiger charge is 2.21. The molecule has 2 aromatic carbocycles. The first-order chi connectivity index (χ1) is 14.7. The molecule has 0 bridgehead atoms. The smallest absolute Gasteiger partial charge is 0.414 e. The van der Waals surface area contributed by atoms with Gasteiger partial charge in [0.2, 0.25) is 0 Å². The first kappa shape index (κ1) is 23.9. The number of hydrogen-bond donors (Lipinski definition) is 2. The summed E-state index contributed by atoms with van der Waals surface area (Å²) in [7, 11) is 0. The van der Waals surface area contributed by atoms with Gasteiger partial charge in [-0.1, -0.05) is 42.0 Å². The van der Waals surface area contributed by atoms with Gasteiger partial charge in [-0.2, -0.15) is 0 Å².